The zero-order chi connectivity index (χ0) is 18.4. The van der Waals surface area contributed by atoms with Gasteiger partial charge in [0.2, 0.25) is 0 Å². The molecule has 0 aromatic heterocycles. The quantitative estimate of drug-likeness (QED) is 0.531. The first kappa shape index (κ1) is 17.7. The van der Waals surface area contributed by atoms with Crippen LogP contribution in [0.1, 0.15) is 19.4 Å². The van der Waals surface area contributed by atoms with E-state index in [1.807, 2.05) is 86.6 Å². The number of nitrogens with zero attached hydrogens (tertiary/aromatic N) is 1. The summed E-state index contributed by atoms with van der Waals surface area (Å²) in [5, 5.41) is 6.37. The Morgan fingerprint density at radius 1 is 0.962 bits per heavy atom. The van der Waals surface area contributed by atoms with Gasteiger partial charge in [-0.3, -0.25) is 4.79 Å². The molecule has 0 spiro atoms. The largest absolute Gasteiger partial charge is 0.483 e. The smallest absolute Gasteiger partial charge is 0.277 e. The molecule has 3 aromatic rings. The summed E-state index contributed by atoms with van der Waals surface area (Å²) in [5.41, 5.74) is 4.44. The van der Waals surface area contributed by atoms with E-state index in [2.05, 4.69) is 10.5 Å². The molecule has 0 bridgehead atoms. The lowest BCUT2D eigenvalue weighted by Gasteiger charge is -2.11. The number of hydrazone groups is 1. The second-order valence-corrected chi connectivity index (χ2v) is 6.32. The summed E-state index contributed by atoms with van der Waals surface area (Å²) < 4.78 is 5.70. The van der Waals surface area contributed by atoms with Crippen LogP contribution in [0.4, 0.5) is 0 Å². The molecule has 0 heterocycles. The van der Waals surface area contributed by atoms with E-state index >= 15 is 0 Å². The van der Waals surface area contributed by atoms with Crippen molar-refractivity contribution in [3.05, 3.63) is 78.4 Å². The molecule has 26 heavy (non-hydrogen) atoms. The van der Waals surface area contributed by atoms with Gasteiger partial charge in [0.15, 0.2) is 6.61 Å². The molecular weight excluding hydrogens is 324 g/mol. The Labute approximate surface area is 153 Å². The number of fused-ring (bicyclic) bond motifs is 1. The average Bonchev–Trinajstić information content (AvgIpc) is 2.67. The summed E-state index contributed by atoms with van der Waals surface area (Å²) in [4.78, 5) is 12.2. The van der Waals surface area contributed by atoms with Crippen molar-refractivity contribution in [3.63, 3.8) is 0 Å². The van der Waals surface area contributed by atoms with Crippen LogP contribution in [-0.4, -0.2) is 18.2 Å². The summed E-state index contributed by atoms with van der Waals surface area (Å²) in [6.07, 6.45) is 0. The number of carbonyl (C=O) groups excluding carboxylic acids is 1. The van der Waals surface area contributed by atoms with Crippen molar-refractivity contribution in [2.24, 2.45) is 11.0 Å². The molecule has 0 fully saturated rings. The van der Waals surface area contributed by atoms with Crippen LogP contribution in [0.2, 0.25) is 0 Å². The van der Waals surface area contributed by atoms with Crippen molar-refractivity contribution in [2.75, 3.05) is 6.61 Å². The molecule has 0 radical (unpaired) electrons. The van der Waals surface area contributed by atoms with Gasteiger partial charge in [-0.2, -0.15) is 5.10 Å². The molecule has 0 atom stereocenters. The van der Waals surface area contributed by atoms with Crippen LogP contribution in [0.25, 0.3) is 10.8 Å². The molecule has 3 aromatic carbocycles. The number of rotatable bonds is 6. The maximum Gasteiger partial charge on any atom is 0.277 e. The van der Waals surface area contributed by atoms with Crippen LogP contribution in [0, 0.1) is 5.92 Å². The first-order chi connectivity index (χ1) is 12.6. The third-order valence-corrected chi connectivity index (χ3v) is 4.03. The van der Waals surface area contributed by atoms with E-state index in [0.29, 0.717) is 5.75 Å². The number of benzene rings is 3. The van der Waals surface area contributed by atoms with Crippen molar-refractivity contribution < 1.29 is 9.53 Å². The highest BCUT2D eigenvalue weighted by Gasteiger charge is 2.10. The van der Waals surface area contributed by atoms with E-state index in [1.165, 1.54) is 0 Å². The van der Waals surface area contributed by atoms with Crippen LogP contribution in [0.15, 0.2) is 77.9 Å². The van der Waals surface area contributed by atoms with Crippen molar-refractivity contribution in [1.29, 1.82) is 0 Å². The first-order valence-electron chi connectivity index (χ1n) is 8.67. The minimum atomic E-state index is -0.285. The Morgan fingerprint density at radius 3 is 2.42 bits per heavy atom. The summed E-state index contributed by atoms with van der Waals surface area (Å²) in [7, 11) is 0. The van der Waals surface area contributed by atoms with Gasteiger partial charge in [0.25, 0.3) is 5.91 Å². The molecule has 132 valence electrons. The highest BCUT2D eigenvalue weighted by molar-refractivity contribution is 6.02. The van der Waals surface area contributed by atoms with Gasteiger partial charge < -0.3 is 4.74 Å². The number of ether oxygens (including phenoxy) is 1. The third-order valence-electron chi connectivity index (χ3n) is 4.03. The van der Waals surface area contributed by atoms with Gasteiger partial charge in [-0.25, -0.2) is 5.43 Å². The Kier molecular flexibility index (Phi) is 5.64. The van der Waals surface area contributed by atoms with Gasteiger partial charge in [-0.1, -0.05) is 80.6 Å². The SMILES string of the molecule is CC(C)/C(=N\NC(=O)COc1cccc2ccccc12)c1ccccc1. The van der Waals surface area contributed by atoms with E-state index in [-0.39, 0.29) is 18.4 Å². The standard InChI is InChI=1S/C22H22N2O2/c1-16(2)22(18-10-4-3-5-11-18)24-23-21(25)15-26-20-14-8-12-17-9-6-7-13-19(17)20/h3-14,16H,15H2,1-2H3,(H,23,25)/b24-22+. The van der Waals surface area contributed by atoms with Gasteiger partial charge in [0, 0.05) is 5.39 Å². The molecule has 4 heteroatoms. The summed E-state index contributed by atoms with van der Waals surface area (Å²) in [5.74, 6) is 0.595. The van der Waals surface area contributed by atoms with Crippen molar-refractivity contribution in [2.45, 2.75) is 13.8 Å². The third kappa shape index (κ3) is 4.28. The number of hydrogen-bond donors (Lipinski definition) is 1. The van der Waals surface area contributed by atoms with Crippen molar-refractivity contribution >= 4 is 22.4 Å². The van der Waals surface area contributed by atoms with Gasteiger partial charge in [-0.15, -0.1) is 0 Å². The molecule has 3 rings (SSSR count). The summed E-state index contributed by atoms with van der Waals surface area (Å²) in [6.45, 7) is 4.01. The second-order valence-electron chi connectivity index (χ2n) is 6.32. The van der Waals surface area contributed by atoms with Crippen LogP contribution in [0.3, 0.4) is 0 Å². The zero-order valence-corrected chi connectivity index (χ0v) is 15.0. The Bertz CT molecular complexity index is 912. The second kappa shape index (κ2) is 8.30. The fraction of sp³-hybridized carbons (Fsp3) is 0.182. The van der Waals surface area contributed by atoms with E-state index in [4.69, 9.17) is 4.74 Å². The molecule has 0 saturated carbocycles. The summed E-state index contributed by atoms with van der Waals surface area (Å²) >= 11 is 0. The monoisotopic (exact) mass is 346 g/mol. The van der Waals surface area contributed by atoms with Crippen molar-refractivity contribution in [1.82, 2.24) is 5.43 Å². The summed E-state index contributed by atoms with van der Waals surface area (Å²) in [6, 6.07) is 23.6. The number of nitrogens with one attached hydrogen (secondary N) is 1. The molecule has 0 aliphatic carbocycles. The molecule has 1 N–H and O–H groups in total. The highest BCUT2D eigenvalue weighted by Crippen LogP contribution is 2.24. The Morgan fingerprint density at radius 2 is 1.65 bits per heavy atom. The number of carbonyl (C=O) groups is 1. The normalized spacial score (nSPS) is 11.6. The molecular formula is C22H22N2O2. The van der Waals surface area contributed by atoms with Gasteiger partial charge in [0.05, 0.1) is 5.71 Å². The molecule has 0 unspecified atom stereocenters. The fourth-order valence-electron chi connectivity index (χ4n) is 2.76. The zero-order valence-electron chi connectivity index (χ0n) is 15.0. The molecule has 0 saturated heterocycles. The lowest BCUT2D eigenvalue weighted by atomic mass is 10.0. The lowest BCUT2D eigenvalue weighted by Crippen LogP contribution is -2.27. The predicted molar refractivity (Wildman–Crippen MR) is 105 cm³/mol. The minimum absolute atomic E-state index is 0.0856. The van der Waals surface area contributed by atoms with Gasteiger partial charge in [0.1, 0.15) is 5.75 Å². The fourth-order valence-corrected chi connectivity index (χ4v) is 2.76. The Hall–Kier alpha value is -3.14. The maximum absolute atomic E-state index is 12.2. The van der Waals surface area contributed by atoms with E-state index in [9.17, 15) is 4.79 Å². The van der Waals surface area contributed by atoms with Crippen LogP contribution < -0.4 is 10.2 Å². The van der Waals surface area contributed by atoms with E-state index in [1.54, 1.807) is 0 Å². The first-order valence-corrected chi connectivity index (χ1v) is 8.67. The molecule has 0 aliphatic rings. The average molecular weight is 346 g/mol. The molecule has 1 amide bonds. The predicted octanol–water partition coefficient (Wildman–Crippen LogP) is 4.40. The van der Waals surface area contributed by atoms with Crippen LogP contribution >= 0.6 is 0 Å². The van der Waals surface area contributed by atoms with Gasteiger partial charge >= 0.3 is 0 Å². The van der Waals surface area contributed by atoms with E-state index < -0.39 is 0 Å². The van der Waals surface area contributed by atoms with Crippen LogP contribution in [0.5, 0.6) is 5.75 Å². The maximum atomic E-state index is 12.2. The Balaban J connectivity index is 1.66. The number of hydrogen-bond acceptors (Lipinski definition) is 3. The number of amides is 1. The molecule has 4 nitrogen and oxygen atoms in total. The lowest BCUT2D eigenvalue weighted by molar-refractivity contribution is -0.123. The van der Waals surface area contributed by atoms with Crippen LogP contribution in [-0.2, 0) is 4.79 Å². The van der Waals surface area contributed by atoms with Crippen molar-refractivity contribution in [3.8, 4) is 5.75 Å². The minimum Gasteiger partial charge on any atom is -0.483 e. The topological polar surface area (TPSA) is 50.7 Å². The molecule has 0 aliphatic heterocycles. The van der Waals surface area contributed by atoms with E-state index in [0.717, 1.165) is 22.0 Å². The highest BCUT2D eigenvalue weighted by atomic mass is 16.5. The van der Waals surface area contributed by atoms with Gasteiger partial charge in [-0.05, 0) is 22.9 Å².